The van der Waals surface area contributed by atoms with E-state index in [0.717, 1.165) is 12.8 Å². The van der Waals surface area contributed by atoms with Crippen LogP contribution in [0.1, 0.15) is 33.1 Å². The van der Waals surface area contributed by atoms with E-state index >= 15 is 0 Å². The van der Waals surface area contributed by atoms with Crippen molar-refractivity contribution in [2.75, 3.05) is 5.73 Å². The molecule has 0 saturated heterocycles. The van der Waals surface area contributed by atoms with E-state index in [1.807, 2.05) is 13.8 Å². The molecular formula is C11H17N3O2. The van der Waals surface area contributed by atoms with Gasteiger partial charge in [0.2, 0.25) is 11.8 Å². The molecule has 5 heteroatoms. The van der Waals surface area contributed by atoms with Crippen molar-refractivity contribution in [2.45, 2.75) is 45.3 Å². The van der Waals surface area contributed by atoms with Crippen molar-refractivity contribution in [2.24, 2.45) is 0 Å². The smallest absolute Gasteiger partial charge is 0.244 e. The van der Waals surface area contributed by atoms with Gasteiger partial charge in [0.1, 0.15) is 12.4 Å². The van der Waals surface area contributed by atoms with Gasteiger partial charge in [-0.3, -0.25) is 0 Å². The molecule has 1 heterocycles. The molecule has 1 saturated carbocycles. The zero-order valence-electron chi connectivity index (χ0n) is 9.64. The van der Waals surface area contributed by atoms with Gasteiger partial charge in [-0.2, -0.15) is 9.97 Å². The SMILES string of the molecule is CC(C)Oc1ncnc(OC2CCC2)c1N. The molecule has 1 aliphatic rings. The van der Waals surface area contributed by atoms with Crippen molar-refractivity contribution in [3.63, 3.8) is 0 Å². The Balaban J connectivity index is 2.11. The summed E-state index contributed by atoms with van der Waals surface area (Å²) in [5, 5.41) is 0. The predicted octanol–water partition coefficient (Wildman–Crippen LogP) is 1.78. The van der Waals surface area contributed by atoms with Gasteiger partial charge in [0.15, 0.2) is 5.69 Å². The lowest BCUT2D eigenvalue weighted by atomic mass is 9.96. The van der Waals surface area contributed by atoms with Crippen LogP contribution >= 0.6 is 0 Å². The number of aromatic nitrogens is 2. The van der Waals surface area contributed by atoms with Crippen LogP contribution in [0.25, 0.3) is 0 Å². The zero-order chi connectivity index (χ0) is 11.5. The van der Waals surface area contributed by atoms with Crippen molar-refractivity contribution >= 4 is 5.69 Å². The summed E-state index contributed by atoms with van der Waals surface area (Å²) in [5.41, 5.74) is 6.28. The molecule has 2 rings (SSSR count). The van der Waals surface area contributed by atoms with E-state index in [1.54, 1.807) is 0 Å². The summed E-state index contributed by atoms with van der Waals surface area (Å²) in [6.07, 6.45) is 5.07. The molecule has 0 unspecified atom stereocenters. The summed E-state index contributed by atoms with van der Waals surface area (Å²) < 4.78 is 11.1. The lowest BCUT2D eigenvalue weighted by molar-refractivity contribution is 0.114. The first kappa shape index (κ1) is 11.0. The third-order valence-electron chi connectivity index (χ3n) is 2.49. The number of ether oxygens (including phenoxy) is 2. The summed E-state index contributed by atoms with van der Waals surface area (Å²) in [4.78, 5) is 8.02. The third kappa shape index (κ3) is 2.35. The number of nitrogens with two attached hydrogens (primary N) is 1. The van der Waals surface area contributed by atoms with Crippen LogP contribution < -0.4 is 15.2 Å². The second kappa shape index (κ2) is 4.55. The van der Waals surface area contributed by atoms with Gasteiger partial charge in [0.05, 0.1) is 6.10 Å². The Bertz CT molecular complexity index is 364. The molecule has 1 aromatic rings. The molecule has 5 nitrogen and oxygen atoms in total. The fraction of sp³-hybridized carbons (Fsp3) is 0.636. The van der Waals surface area contributed by atoms with Crippen molar-refractivity contribution in [3.8, 4) is 11.8 Å². The van der Waals surface area contributed by atoms with Crippen molar-refractivity contribution in [3.05, 3.63) is 6.33 Å². The van der Waals surface area contributed by atoms with Crippen LogP contribution in [-0.4, -0.2) is 22.2 Å². The van der Waals surface area contributed by atoms with E-state index in [4.69, 9.17) is 15.2 Å². The van der Waals surface area contributed by atoms with Crippen molar-refractivity contribution in [1.29, 1.82) is 0 Å². The fourth-order valence-corrected chi connectivity index (χ4v) is 1.42. The number of nitrogen functional groups attached to an aromatic ring is 1. The second-order valence-corrected chi connectivity index (χ2v) is 4.24. The molecule has 88 valence electrons. The summed E-state index contributed by atoms with van der Waals surface area (Å²) in [6.45, 7) is 3.85. The Morgan fingerprint density at radius 1 is 1.31 bits per heavy atom. The van der Waals surface area contributed by atoms with Crippen LogP contribution in [0.5, 0.6) is 11.8 Å². The van der Waals surface area contributed by atoms with Gasteiger partial charge < -0.3 is 15.2 Å². The number of hydrogen-bond acceptors (Lipinski definition) is 5. The van der Waals surface area contributed by atoms with Gasteiger partial charge >= 0.3 is 0 Å². The Labute approximate surface area is 95.0 Å². The molecule has 0 radical (unpaired) electrons. The highest BCUT2D eigenvalue weighted by molar-refractivity contribution is 5.55. The Morgan fingerprint density at radius 2 is 2.00 bits per heavy atom. The maximum Gasteiger partial charge on any atom is 0.244 e. The molecule has 0 spiro atoms. The molecule has 0 atom stereocenters. The number of hydrogen-bond donors (Lipinski definition) is 1. The molecule has 0 bridgehead atoms. The fourth-order valence-electron chi connectivity index (χ4n) is 1.42. The Hall–Kier alpha value is -1.52. The van der Waals surface area contributed by atoms with Gasteiger partial charge in [-0.05, 0) is 33.1 Å². The highest BCUT2D eigenvalue weighted by Crippen LogP contribution is 2.31. The van der Waals surface area contributed by atoms with Gasteiger partial charge in [0, 0.05) is 0 Å². The lowest BCUT2D eigenvalue weighted by Crippen LogP contribution is -2.25. The maximum absolute atomic E-state index is 5.88. The lowest BCUT2D eigenvalue weighted by Gasteiger charge is -2.26. The van der Waals surface area contributed by atoms with Gasteiger partial charge in [-0.25, -0.2) is 0 Å². The maximum atomic E-state index is 5.88. The molecule has 1 aromatic heterocycles. The van der Waals surface area contributed by atoms with Gasteiger partial charge in [-0.1, -0.05) is 0 Å². The summed E-state index contributed by atoms with van der Waals surface area (Å²) in [7, 11) is 0. The largest absolute Gasteiger partial charge is 0.473 e. The average Bonchev–Trinajstić information content (AvgIpc) is 2.16. The van der Waals surface area contributed by atoms with Crippen molar-refractivity contribution in [1.82, 2.24) is 9.97 Å². The topological polar surface area (TPSA) is 70.3 Å². The predicted molar refractivity (Wildman–Crippen MR) is 60.5 cm³/mol. The monoisotopic (exact) mass is 223 g/mol. The van der Waals surface area contributed by atoms with Crippen LogP contribution in [0.15, 0.2) is 6.33 Å². The highest BCUT2D eigenvalue weighted by Gasteiger charge is 2.22. The summed E-state index contributed by atoms with van der Waals surface area (Å²) >= 11 is 0. The van der Waals surface area contributed by atoms with Crippen LogP contribution in [-0.2, 0) is 0 Å². The van der Waals surface area contributed by atoms with E-state index in [1.165, 1.54) is 12.7 Å². The first-order valence-electron chi connectivity index (χ1n) is 5.60. The third-order valence-corrected chi connectivity index (χ3v) is 2.49. The molecule has 0 aliphatic heterocycles. The van der Waals surface area contributed by atoms with Crippen LogP contribution in [0.2, 0.25) is 0 Å². The van der Waals surface area contributed by atoms with Crippen LogP contribution in [0.3, 0.4) is 0 Å². The van der Waals surface area contributed by atoms with E-state index in [-0.39, 0.29) is 12.2 Å². The highest BCUT2D eigenvalue weighted by atomic mass is 16.5. The number of anilines is 1. The molecular weight excluding hydrogens is 206 g/mol. The average molecular weight is 223 g/mol. The summed E-state index contributed by atoms with van der Waals surface area (Å²) in [5.74, 6) is 0.842. The van der Waals surface area contributed by atoms with Gasteiger partial charge in [0.25, 0.3) is 0 Å². The molecule has 0 aromatic carbocycles. The minimum absolute atomic E-state index is 0.0359. The van der Waals surface area contributed by atoms with Crippen LogP contribution in [0, 0.1) is 0 Å². The van der Waals surface area contributed by atoms with E-state index in [2.05, 4.69) is 9.97 Å². The van der Waals surface area contributed by atoms with E-state index in [0.29, 0.717) is 17.4 Å². The minimum Gasteiger partial charge on any atom is -0.473 e. The normalized spacial score (nSPS) is 15.9. The molecule has 16 heavy (non-hydrogen) atoms. The minimum atomic E-state index is 0.0359. The zero-order valence-corrected chi connectivity index (χ0v) is 9.64. The van der Waals surface area contributed by atoms with Crippen LogP contribution in [0.4, 0.5) is 5.69 Å². The van der Waals surface area contributed by atoms with Gasteiger partial charge in [-0.15, -0.1) is 0 Å². The standard InChI is InChI=1S/C11H17N3O2/c1-7(2)15-10-9(12)11(14-6-13-10)16-8-4-3-5-8/h6-8H,3-5,12H2,1-2H3. The molecule has 2 N–H and O–H groups in total. The first-order valence-corrected chi connectivity index (χ1v) is 5.60. The molecule has 1 aliphatic carbocycles. The Morgan fingerprint density at radius 3 is 2.56 bits per heavy atom. The summed E-state index contributed by atoms with van der Waals surface area (Å²) in [6, 6.07) is 0. The Kier molecular flexibility index (Phi) is 3.12. The van der Waals surface area contributed by atoms with Crippen molar-refractivity contribution < 1.29 is 9.47 Å². The molecule has 0 amide bonds. The molecule has 1 fully saturated rings. The first-order chi connectivity index (χ1) is 7.66. The quantitative estimate of drug-likeness (QED) is 0.842. The number of nitrogens with zero attached hydrogens (tertiary/aromatic N) is 2. The van der Waals surface area contributed by atoms with E-state index < -0.39 is 0 Å². The van der Waals surface area contributed by atoms with E-state index in [9.17, 15) is 0 Å². The second-order valence-electron chi connectivity index (χ2n) is 4.24. The number of rotatable bonds is 4.